The van der Waals surface area contributed by atoms with E-state index in [-0.39, 0.29) is 18.1 Å². The highest BCUT2D eigenvalue weighted by molar-refractivity contribution is 5.76. The molecule has 1 heterocycles. The standard InChI is InChI=1S/C10H17NO3/c1-9(14-3-8(12)11-2)4-10(5-9)6-13-7-10/h3-7H2,1-2H3,(H,11,12). The molecule has 0 atom stereocenters. The molecule has 1 amide bonds. The lowest BCUT2D eigenvalue weighted by Crippen LogP contribution is -2.61. The van der Waals surface area contributed by atoms with Gasteiger partial charge in [0, 0.05) is 12.5 Å². The lowest BCUT2D eigenvalue weighted by atomic mass is 9.58. The Morgan fingerprint density at radius 2 is 2.14 bits per heavy atom. The maximum Gasteiger partial charge on any atom is 0.245 e. The summed E-state index contributed by atoms with van der Waals surface area (Å²) in [5.41, 5.74) is 0.285. The largest absolute Gasteiger partial charge is 0.380 e. The van der Waals surface area contributed by atoms with Gasteiger partial charge in [-0.15, -0.1) is 0 Å². The normalized spacial score (nSPS) is 26.4. The molecule has 0 aromatic carbocycles. The molecule has 1 aliphatic carbocycles. The van der Waals surface area contributed by atoms with Crippen LogP contribution in [0.4, 0.5) is 0 Å². The monoisotopic (exact) mass is 199 g/mol. The Bertz CT molecular complexity index is 240. The van der Waals surface area contributed by atoms with E-state index < -0.39 is 0 Å². The molecule has 0 aromatic rings. The summed E-state index contributed by atoms with van der Waals surface area (Å²) in [6.45, 7) is 3.97. The van der Waals surface area contributed by atoms with Crippen LogP contribution in [0.2, 0.25) is 0 Å². The van der Waals surface area contributed by atoms with Gasteiger partial charge < -0.3 is 14.8 Å². The first kappa shape index (κ1) is 9.93. The lowest BCUT2D eigenvalue weighted by Gasteiger charge is -2.58. The molecule has 0 aromatic heterocycles. The van der Waals surface area contributed by atoms with Gasteiger partial charge in [0.15, 0.2) is 0 Å². The minimum atomic E-state index is -0.101. The molecule has 4 nitrogen and oxygen atoms in total. The van der Waals surface area contributed by atoms with Gasteiger partial charge >= 0.3 is 0 Å². The van der Waals surface area contributed by atoms with E-state index in [1.165, 1.54) is 0 Å². The Hall–Kier alpha value is -0.610. The topological polar surface area (TPSA) is 47.6 Å². The first-order chi connectivity index (χ1) is 6.58. The maximum absolute atomic E-state index is 11.0. The molecular formula is C10H17NO3. The van der Waals surface area contributed by atoms with E-state index in [1.807, 2.05) is 0 Å². The number of nitrogens with one attached hydrogen (secondary N) is 1. The zero-order valence-electron chi connectivity index (χ0n) is 8.76. The van der Waals surface area contributed by atoms with Gasteiger partial charge in [0.25, 0.3) is 0 Å². The maximum atomic E-state index is 11.0. The highest BCUT2D eigenvalue weighted by Gasteiger charge is 2.56. The fourth-order valence-electron chi connectivity index (χ4n) is 2.54. The van der Waals surface area contributed by atoms with Gasteiger partial charge in [-0.05, 0) is 19.8 Å². The van der Waals surface area contributed by atoms with Gasteiger partial charge in [0.1, 0.15) is 6.61 Å². The molecule has 0 radical (unpaired) electrons. The zero-order valence-corrected chi connectivity index (χ0v) is 8.76. The molecule has 1 saturated carbocycles. The summed E-state index contributed by atoms with van der Waals surface area (Å²) in [5, 5.41) is 2.55. The first-order valence-corrected chi connectivity index (χ1v) is 5.00. The summed E-state index contributed by atoms with van der Waals surface area (Å²) >= 11 is 0. The van der Waals surface area contributed by atoms with Crippen LogP contribution in [0.15, 0.2) is 0 Å². The third kappa shape index (κ3) is 1.64. The van der Waals surface area contributed by atoms with Crippen molar-refractivity contribution >= 4 is 5.91 Å². The molecule has 0 bridgehead atoms. The SMILES string of the molecule is CNC(=O)COC1(C)CC2(COC2)C1. The number of hydrogen-bond donors (Lipinski definition) is 1. The van der Waals surface area contributed by atoms with Crippen molar-refractivity contribution in [1.29, 1.82) is 0 Å². The van der Waals surface area contributed by atoms with Gasteiger partial charge in [0.2, 0.25) is 5.91 Å². The van der Waals surface area contributed by atoms with E-state index in [1.54, 1.807) is 7.05 Å². The van der Waals surface area contributed by atoms with Crippen LogP contribution >= 0.6 is 0 Å². The fraction of sp³-hybridized carbons (Fsp3) is 0.900. The van der Waals surface area contributed by atoms with Gasteiger partial charge in [-0.3, -0.25) is 4.79 Å². The van der Waals surface area contributed by atoms with Crippen molar-refractivity contribution in [1.82, 2.24) is 5.32 Å². The summed E-state index contributed by atoms with van der Waals surface area (Å²) in [4.78, 5) is 11.0. The summed E-state index contributed by atoms with van der Waals surface area (Å²) in [5.74, 6) is -0.0583. The van der Waals surface area contributed by atoms with Crippen LogP contribution in [-0.2, 0) is 14.3 Å². The van der Waals surface area contributed by atoms with Crippen LogP contribution in [0.1, 0.15) is 19.8 Å². The minimum Gasteiger partial charge on any atom is -0.380 e. The van der Waals surface area contributed by atoms with E-state index in [9.17, 15) is 4.79 Å². The Morgan fingerprint density at radius 1 is 1.50 bits per heavy atom. The predicted octanol–water partition coefficient (Wildman–Crippen LogP) is 0.318. The van der Waals surface area contributed by atoms with Crippen molar-refractivity contribution in [3.8, 4) is 0 Å². The van der Waals surface area contributed by atoms with E-state index in [0.717, 1.165) is 26.1 Å². The van der Waals surface area contributed by atoms with Gasteiger partial charge in [-0.1, -0.05) is 0 Å². The number of likely N-dealkylation sites (N-methyl/N-ethyl adjacent to an activating group) is 1. The zero-order chi connectivity index (χ0) is 10.2. The predicted molar refractivity (Wildman–Crippen MR) is 50.9 cm³/mol. The second-order valence-electron chi connectivity index (χ2n) is 4.76. The molecular weight excluding hydrogens is 182 g/mol. The number of ether oxygens (including phenoxy) is 2. The van der Waals surface area contributed by atoms with Crippen LogP contribution in [0, 0.1) is 5.41 Å². The molecule has 1 spiro atoms. The van der Waals surface area contributed by atoms with E-state index in [0.29, 0.717) is 5.41 Å². The lowest BCUT2D eigenvalue weighted by molar-refractivity contribution is -0.248. The quantitative estimate of drug-likeness (QED) is 0.712. The molecule has 2 aliphatic rings. The van der Waals surface area contributed by atoms with Crippen LogP contribution in [0.5, 0.6) is 0 Å². The first-order valence-electron chi connectivity index (χ1n) is 5.00. The van der Waals surface area contributed by atoms with Crippen molar-refractivity contribution in [2.24, 2.45) is 5.41 Å². The molecule has 1 aliphatic heterocycles. The number of hydrogen-bond acceptors (Lipinski definition) is 3. The van der Waals surface area contributed by atoms with Crippen LogP contribution in [0.3, 0.4) is 0 Å². The molecule has 80 valence electrons. The molecule has 2 rings (SSSR count). The van der Waals surface area contributed by atoms with E-state index in [4.69, 9.17) is 9.47 Å². The van der Waals surface area contributed by atoms with Gasteiger partial charge in [-0.25, -0.2) is 0 Å². The second-order valence-corrected chi connectivity index (χ2v) is 4.76. The second kappa shape index (κ2) is 3.21. The van der Waals surface area contributed by atoms with Crippen LogP contribution in [0.25, 0.3) is 0 Å². The number of carbonyl (C=O) groups excluding carboxylic acids is 1. The van der Waals surface area contributed by atoms with Crippen molar-refractivity contribution in [3.05, 3.63) is 0 Å². The average molecular weight is 199 g/mol. The van der Waals surface area contributed by atoms with Crippen molar-refractivity contribution in [3.63, 3.8) is 0 Å². The third-order valence-corrected chi connectivity index (χ3v) is 3.14. The highest BCUT2D eigenvalue weighted by Crippen LogP contribution is 2.54. The summed E-state index contributed by atoms with van der Waals surface area (Å²) < 4.78 is 10.8. The average Bonchev–Trinajstić information content (AvgIpc) is 2.06. The number of amides is 1. The number of rotatable bonds is 3. The van der Waals surface area contributed by atoms with Gasteiger partial charge in [0.05, 0.1) is 18.8 Å². The summed E-state index contributed by atoms with van der Waals surface area (Å²) in [6.07, 6.45) is 2.05. The Morgan fingerprint density at radius 3 is 2.57 bits per heavy atom. The molecule has 1 N–H and O–H groups in total. The fourth-order valence-corrected chi connectivity index (χ4v) is 2.54. The molecule has 4 heteroatoms. The molecule has 2 fully saturated rings. The van der Waals surface area contributed by atoms with E-state index >= 15 is 0 Å². The van der Waals surface area contributed by atoms with Crippen LogP contribution < -0.4 is 5.32 Å². The van der Waals surface area contributed by atoms with Crippen molar-refractivity contribution < 1.29 is 14.3 Å². The molecule has 1 saturated heterocycles. The molecule has 14 heavy (non-hydrogen) atoms. The summed E-state index contributed by atoms with van der Waals surface area (Å²) in [6, 6.07) is 0. The minimum absolute atomic E-state index is 0.0583. The highest BCUT2D eigenvalue weighted by atomic mass is 16.5. The van der Waals surface area contributed by atoms with Gasteiger partial charge in [-0.2, -0.15) is 0 Å². The Labute approximate surface area is 84.0 Å². The van der Waals surface area contributed by atoms with Crippen molar-refractivity contribution in [2.45, 2.75) is 25.4 Å². The number of carbonyl (C=O) groups is 1. The smallest absolute Gasteiger partial charge is 0.245 e. The third-order valence-electron chi connectivity index (χ3n) is 3.14. The van der Waals surface area contributed by atoms with Crippen LogP contribution in [-0.4, -0.2) is 38.4 Å². The molecule has 0 unspecified atom stereocenters. The summed E-state index contributed by atoms with van der Waals surface area (Å²) in [7, 11) is 1.62. The Balaban J connectivity index is 1.74. The van der Waals surface area contributed by atoms with E-state index in [2.05, 4.69) is 12.2 Å². The van der Waals surface area contributed by atoms with Crippen molar-refractivity contribution in [2.75, 3.05) is 26.9 Å². The Kier molecular flexibility index (Phi) is 2.27.